The second-order valence-electron chi connectivity index (χ2n) is 1.88. The molecule has 0 radical (unpaired) electrons. The summed E-state index contributed by atoms with van der Waals surface area (Å²) in [5.74, 6) is 3.23. The summed E-state index contributed by atoms with van der Waals surface area (Å²) in [6.45, 7) is 0.218. The molecule has 0 bridgehead atoms. The van der Waals surface area contributed by atoms with Gasteiger partial charge in [0.15, 0.2) is 11.6 Å². The van der Waals surface area contributed by atoms with Crippen LogP contribution in [0.15, 0.2) is 18.3 Å². The Bertz CT molecular complexity index is 278. The van der Waals surface area contributed by atoms with Crippen LogP contribution in [0.1, 0.15) is 0 Å². The van der Waals surface area contributed by atoms with Crippen molar-refractivity contribution in [1.82, 2.24) is 4.98 Å². The molecule has 0 aliphatic heterocycles. The highest BCUT2D eigenvalue weighted by Crippen LogP contribution is 2.15. The second-order valence-corrected chi connectivity index (χ2v) is 1.88. The topological polar surface area (TPSA) is 48.1 Å². The largest absolute Gasteiger partial charge is 0.477 e. The van der Waals surface area contributed by atoms with Crippen LogP contribution in [0.3, 0.4) is 0 Å². The van der Waals surface area contributed by atoms with E-state index < -0.39 is 0 Å². The fraction of sp³-hybridized carbons (Fsp3) is 0.125. The lowest BCUT2D eigenvalue weighted by atomic mass is 10.4. The number of hydrogen-bond acceptors (Lipinski definition) is 3. The van der Waals surface area contributed by atoms with Crippen molar-refractivity contribution in [2.75, 3.05) is 12.3 Å². The number of aromatic nitrogens is 1. The Kier molecular flexibility index (Phi) is 2.34. The Morgan fingerprint density at radius 3 is 3.18 bits per heavy atom. The van der Waals surface area contributed by atoms with Gasteiger partial charge >= 0.3 is 0 Å². The zero-order valence-corrected chi connectivity index (χ0v) is 5.95. The third-order valence-electron chi connectivity index (χ3n) is 1.11. The summed E-state index contributed by atoms with van der Waals surface area (Å²) >= 11 is 0. The number of anilines is 1. The van der Waals surface area contributed by atoms with Gasteiger partial charge in [0.05, 0.1) is 0 Å². The van der Waals surface area contributed by atoms with Crippen molar-refractivity contribution < 1.29 is 4.74 Å². The molecule has 0 aliphatic rings. The van der Waals surface area contributed by atoms with E-state index in [1.54, 1.807) is 18.3 Å². The van der Waals surface area contributed by atoms with Gasteiger partial charge in [-0.2, -0.15) is 0 Å². The molecule has 0 aromatic carbocycles. The maximum atomic E-state index is 5.46. The lowest BCUT2D eigenvalue weighted by molar-refractivity contribution is 0.371. The molecular formula is C8H8N2O. The van der Waals surface area contributed by atoms with E-state index in [0.29, 0.717) is 11.6 Å². The summed E-state index contributed by atoms with van der Waals surface area (Å²) in [6.07, 6.45) is 6.59. The van der Waals surface area contributed by atoms with Crippen LogP contribution in [0.25, 0.3) is 0 Å². The van der Waals surface area contributed by atoms with Crippen molar-refractivity contribution in [3.63, 3.8) is 0 Å². The fourth-order valence-corrected chi connectivity index (χ4v) is 0.644. The minimum atomic E-state index is 0.218. The van der Waals surface area contributed by atoms with Crippen molar-refractivity contribution in [2.24, 2.45) is 0 Å². The summed E-state index contributed by atoms with van der Waals surface area (Å²) < 4.78 is 5.06. The van der Waals surface area contributed by atoms with Gasteiger partial charge in [0, 0.05) is 6.20 Å². The molecule has 3 heteroatoms. The molecule has 0 amide bonds. The van der Waals surface area contributed by atoms with Crippen LogP contribution in [0.5, 0.6) is 5.75 Å². The highest BCUT2D eigenvalue weighted by atomic mass is 16.5. The highest BCUT2D eigenvalue weighted by Gasteiger charge is 1.96. The SMILES string of the molecule is C#CCOc1cccnc1N. The van der Waals surface area contributed by atoms with Crippen LogP contribution in [-0.4, -0.2) is 11.6 Å². The Hall–Kier alpha value is -1.69. The molecule has 1 aromatic heterocycles. The highest BCUT2D eigenvalue weighted by molar-refractivity contribution is 5.44. The normalized spacial score (nSPS) is 8.64. The third-order valence-corrected chi connectivity index (χ3v) is 1.11. The van der Waals surface area contributed by atoms with E-state index in [2.05, 4.69) is 10.9 Å². The van der Waals surface area contributed by atoms with E-state index in [9.17, 15) is 0 Å². The van der Waals surface area contributed by atoms with Crippen molar-refractivity contribution >= 4 is 5.82 Å². The van der Waals surface area contributed by atoms with E-state index >= 15 is 0 Å². The first-order chi connectivity index (χ1) is 5.34. The predicted octanol–water partition coefficient (Wildman–Crippen LogP) is 0.676. The van der Waals surface area contributed by atoms with Crippen molar-refractivity contribution in [3.8, 4) is 18.1 Å². The van der Waals surface area contributed by atoms with Crippen LogP contribution in [0.2, 0.25) is 0 Å². The molecule has 1 heterocycles. The first-order valence-electron chi connectivity index (χ1n) is 3.11. The van der Waals surface area contributed by atoms with Crippen LogP contribution >= 0.6 is 0 Å². The van der Waals surface area contributed by atoms with Gasteiger partial charge in [-0.3, -0.25) is 0 Å². The van der Waals surface area contributed by atoms with Gasteiger partial charge in [0.2, 0.25) is 0 Å². The van der Waals surface area contributed by atoms with Crippen LogP contribution < -0.4 is 10.5 Å². The quantitative estimate of drug-likeness (QED) is 0.627. The molecule has 56 valence electrons. The zero-order chi connectivity index (χ0) is 8.10. The molecular weight excluding hydrogens is 140 g/mol. The molecule has 0 spiro atoms. The Labute approximate surface area is 65.2 Å². The minimum Gasteiger partial charge on any atom is -0.477 e. The average molecular weight is 148 g/mol. The summed E-state index contributed by atoms with van der Waals surface area (Å²) in [5, 5.41) is 0. The van der Waals surface area contributed by atoms with Gasteiger partial charge in [-0.25, -0.2) is 4.98 Å². The second kappa shape index (κ2) is 3.47. The molecule has 2 N–H and O–H groups in total. The predicted molar refractivity (Wildman–Crippen MR) is 43.0 cm³/mol. The standard InChI is InChI=1S/C8H8N2O/c1-2-6-11-7-4-3-5-10-8(7)9/h1,3-5H,6H2,(H2,9,10). The Balaban J connectivity index is 2.71. The summed E-state index contributed by atoms with van der Waals surface area (Å²) in [4.78, 5) is 3.82. The van der Waals surface area contributed by atoms with Crippen LogP contribution in [-0.2, 0) is 0 Å². The first-order valence-corrected chi connectivity index (χ1v) is 3.11. The minimum absolute atomic E-state index is 0.218. The molecule has 0 aliphatic carbocycles. The summed E-state index contributed by atoms with van der Waals surface area (Å²) in [7, 11) is 0. The van der Waals surface area contributed by atoms with Gasteiger partial charge in [0.1, 0.15) is 6.61 Å². The van der Waals surface area contributed by atoms with E-state index in [1.165, 1.54) is 0 Å². The molecule has 11 heavy (non-hydrogen) atoms. The third kappa shape index (κ3) is 1.87. The van der Waals surface area contributed by atoms with E-state index in [-0.39, 0.29) is 6.61 Å². The fourth-order valence-electron chi connectivity index (χ4n) is 0.644. The maximum Gasteiger partial charge on any atom is 0.166 e. The molecule has 0 saturated carbocycles. The molecule has 1 rings (SSSR count). The molecule has 0 unspecified atom stereocenters. The Morgan fingerprint density at radius 1 is 1.73 bits per heavy atom. The average Bonchev–Trinajstić information content (AvgIpc) is 2.03. The molecule has 3 nitrogen and oxygen atoms in total. The summed E-state index contributed by atoms with van der Waals surface area (Å²) in [6, 6.07) is 3.46. The number of nitrogen functional groups attached to an aromatic ring is 1. The van der Waals surface area contributed by atoms with E-state index in [1.807, 2.05) is 0 Å². The summed E-state index contributed by atoms with van der Waals surface area (Å²) in [5.41, 5.74) is 5.46. The van der Waals surface area contributed by atoms with Gasteiger partial charge in [-0.05, 0) is 12.1 Å². The zero-order valence-electron chi connectivity index (χ0n) is 5.95. The van der Waals surface area contributed by atoms with Gasteiger partial charge < -0.3 is 10.5 Å². The van der Waals surface area contributed by atoms with Gasteiger partial charge in [0.25, 0.3) is 0 Å². The Morgan fingerprint density at radius 2 is 2.55 bits per heavy atom. The monoisotopic (exact) mass is 148 g/mol. The number of nitrogens with zero attached hydrogens (tertiary/aromatic N) is 1. The molecule has 0 fully saturated rings. The molecule has 0 saturated heterocycles. The first kappa shape index (κ1) is 7.42. The van der Waals surface area contributed by atoms with Crippen molar-refractivity contribution in [2.45, 2.75) is 0 Å². The van der Waals surface area contributed by atoms with Crippen molar-refractivity contribution in [1.29, 1.82) is 0 Å². The molecule has 0 atom stereocenters. The van der Waals surface area contributed by atoms with E-state index in [4.69, 9.17) is 16.9 Å². The smallest absolute Gasteiger partial charge is 0.166 e. The number of ether oxygens (including phenoxy) is 1. The lowest BCUT2D eigenvalue weighted by Gasteiger charge is -2.02. The molecule has 1 aromatic rings. The van der Waals surface area contributed by atoms with E-state index in [0.717, 1.165) is 0 Å². The van der Waals surface area contributed by atoms with Crippen molar-refractivity contribution in [3.05, 3.63) is 18.3 Å². The van der Waals surface area contributed by atoms with Gasteiger partial charge in [-0.1, -0.05) is 5.92 Å². The van der Waals surface area contributed by atoms with Gasteiger partial charge in [-0.15, -0.1) is 6.42 Å². The number of terminal acetylenes is 1. The lowest BCUT2D eigenvalue weighted by Crippen LogP contribution is -1.98. The number of nitrogens with two attached hydrogens (primary N) is 1. The number of hydrogen-bond donors (Lipinski definition) is 1. The number of rotatable bonds is 2. The maximum absolute atomic E-state index is 5.46. The number of pyridine rings is 1. The van der Waals surface area contributed by atoms with Crippen LogP contribution in [0.4, 0.5) is 5.82 Å². The van der Waals surface area contributed by atoms with Crippen LogP contribution in [0, 0.1) is 12.3 Å².